The molecule has 0 aromatic carbocycles. The third-order valence-electron chi connectivity index (χ3n) is 3.27. The lowest BCUT2D eigenvalue weighted by molar-refractivity contribution is 0.392. The third kappa shape index (κ3) is 1.15. The Balaban J connectivity index is 2.19. The highest BCUT2D eigenvalue weighted by atomic mass is 14.3. The van der Waals surface area contributed by atoms with E-state index in [0.717, 1.165) is 11.8 Å². The molecule has 2 rings (SSSR count). The van der Waals surface area contributed by atoms with E-state index in [1.165, 1.54) is 19.3 Å². The summed E-state index contributed by atoms with van der Waals surface area (Å²) in [7, 11) is 0. The maximum absolute atomic E-state index is 2.42. The van der Waals surface area contributed by atoms with Crippen LogP contribution in [0.2, 0.25) is 0 Å². The molecule has 2 aliphatic carbocycles. The van der Waals surface area contributed by atoms with Gasteiger partial charge in [-0.3, -0.25) is 0 Å². The number of fused-ring (bicyclic) bond motifs is 1. The van der Waals surface area contributed by atoms with Gasteiger partial charge in [0.15, 0.2) is 0 Å². The molecule has 0 nitrogen and oxygen atoms in total. The van der Waals surface area contributed by atoms with Crippen LogP contribution in [0, 0.1) is 11.8 Å². The van der Waals surface area contributed by atoms with Crippen molar-refractivity contribution in [3.05, 3.63) is 23.3 Å². The first-order valence-electron chi connectivity index (χ1n) is 4.59. The van der Waals surface area contributed by atoms with Crippen molar-refractivity contribution in [2.45, 2.75) is 33.1 Å². The Morgan fingerprint density at radius 3 is 2.73 bits per heavy atom. The van der Waals surface area contributed by atoms with Crippen LogP contribution in [-0.2, 0) is 0 Å². The summed E-state index contributed by atoms with van der Waals surface area (Å²) in [4.78, 5) is 0. The van der Waals surface area contributed by atoms with Gasteiger partial charge in [-0.15, -0.1) is 0 Å². The van der Waals surface area contributed by atoms with Gasteiger partial charge in [-0.05, 0) is 44.9 Å². The molecule has 2 atom stereocenters. The normalized spacial score (nSPS) is 36.2. The smallest absolute Gasteiger partial charge is 0.0162 e. The average Bonchev–Trinajstić information content (AvgIpc) is 2.36. The van der Waals surface area contributed by atoms with Gasteiger partial charge in [-0.25, -0.2) is 0 Å². The molecule has 0 aromatic heterocycles. The van der Waals surface area contributed by atoms with E-state index in [1.807, 2.05) is 0 Å². The van der Waals surface area contributed by atoms with Crippen LogP contribution < -0.4 is 0 Å². The first kappa shape index (κ1) is 7.15. The van der Waals surface area contributed by atoms with E-state index >= 15 is 0 Å². The van der Waals surface area contributed by atoms with Crippen LogP contribution in [0.1, 0.15) is 33.1 Å². The third-order valence-corrected chi connectivity index (χ3v) is 3.27. The van der Waals surface area contributed by atoms with Gasteiger partial charge in [0.2, 0.25) is 0 Å². The first-order valence-corrected chi connectivity index (χ1v) is 4.59. The summed E-state index contributed by atoms with van der Waals surface area (Å²) in [5, 5.41) is 0. The predicted octanol–water partition coefficient (Wildman–Crippen LogP) is 3.31. The topological polar surface area (TPSA) is 0 Å². The summed E-state index contributed by atoms with van der Waals surface area (Å²) in [5.41, 5.74) is 3.28. The Labute approximate surface area is 69.0 Å². The highest BCUT2D eigenvalue weighted by molar-refractivity contribution is 5.20. The van der Waals surface area contributed by atoms with Crippen molar-refractivity contribution in [3.63, 3.8) is 0 Å². The van der Waals surface area contributed by atoms with Crippen molar-refractivity contribution in [1.29, 1.82) is 0 Å². The zero-order chi connectivity index (χ0) is 7.84. The van der Waals surface area contributed by atoms with Crippen molar-refractivity contribution in [3.8, 4) is 0 Å². The molecule has 0 heterocycles. The molecule has 0 N–H and O–H groups in total. The van der Waals surface area contributed by atoms with Crippen LogP contribution in [-0.4, -0.2) is 0 Å². The fourth-order valence-electron chi connectivity index (χ4n) is 2.32. The van der Waals surface area contributed by atoms with Crippen LogP contribution in [0.25, 0.3) is 0 Å². The molecule has 0 saturated heterocycles. The molecule has 0 saturated carbocycles. The van der Waals surface area contributed by atoms with Gasteiger partial charge >= 0.3 is 0 Å². The van der Waals surface area contributed by atoms with Gasteiger partial charge in [0, 0.05) is 0 Å². The zero-order valence-electron chi connectivity index (χ0n) is 7.43. The Kier molecular flexibility index (Phi) is 1.63. The number of allylic oxidation sites excluding steroid dienone is 4. The second-order valence-corrected chi connectivity index (χ2v) is 4.06. The molecule has 0 amide bonds. The minimum atomic E-state index is 0.888. The maximum Gasteiger partial charge on any atom is -0.0162 e. The Morgan fingerprint density at radius 2 is 1.91 bits per heavy atom. The van der Waals surface area contributed by atoms with Crippen molar-refractivity contribution in [2.75, 3.05) is 0 Å². The highest BCUT2D eigenvalue weighted by Crippen LogP contribution is 2.40. The summed E-state index contributed by atoms with van der Waals surface area (Å²) in [6.07, 6.45) is 8.79. The summed E-state index contributed by atoms with van der Waals surface area (Å²) >= 11 is 0. The molecule has 0 aliphatic heterocycles. The number of hydrogen-bond acceptors (Lipinski definition) is 0. The van der Waals surface area contributed by atoms with Crippen LogP contribution in [0.5, 0.6) is 0 Å². The fourth-order valence-corrected chi connectivity index (χ4v) is 2.32. The molecular weight excluding hydrogens is 132 g/mol. The van der Waals surface area contributed by atoms with Gasteiger partial charge in [0.25, 0.3) is 0 Å². The SMILES string of the molecule is CC1=C(C)C[C@@H]2C=CC[C@@H]2C1. The monoisotopic (exact) mass is 148 g/mol. The maximum atomic E-state index is 2.42. The van der Waals surface area contributed by atoms with Crippen LogP contribution >= 0.6 is 0 Å². The van der Waals surface area contributed by atoms with Crippen molar-refractivity contribution in [2.24, 2.45) is 11.8 Å². The van der Waals surface area contributed by atoms with E-state index < -0.39 is 0 Å². The summed E-state index contributed by atoms with van der Waals surface area (Å²) < 4.78 is 0. The van der Waals surface area contributed by atoms with Gasteiger partial charge < -0.3 is 0 Å². The summed E-state index contributed by atoms with van der Waals surface area (Å²) in [5.74, 6) is 1.84. The molecule has 0 bridgehead atoms. The van der Waals surface area contributed by atoms with E-state index in [9.17, 15) is 0 Å². The quantitative estimate of drug-likeness (QED) is 0.462. The second-order valence-electron chi connectivity index (χ2n) is 4.06. The summed E-state index contributed by atoms with van der Waals surface area (Å²) in [6, 6.07) is 0. The molecular formula is C11H16. The largest absolute Gasteiger partial charge is 0.0879 e. The van der Waals surface area contributed by atoms with Crippen LogP contribution in [0.15, 0.2) is 23.3 Å². The van der Waals surface area contributed by atoms with Crippen molar-refractivity contribution < 1.29 is 0 Å². The standard InChI is InChI=1S/C11H16/c1-8-6-10-4-3-5-11(10)7-9(8)2/h3-4,10-11H,5-7H2,1-2H3/t10-,11+/m0/s1. The van der Waals surface area contributed by atoms with E-state index in [1.54, 1.807) is 11.1 Å². The minimum absolute atomic E-state index is 0.888. The average molecular weight is 148 g/mol. The Hall–Kier alpha value is -0.520. The predicted molar refractivity (Wildman–Crippen MR) is 48.3 cm³/mol. The Morgan fingerprint density at radius 1 is 1.18 bits per heavy atom. The van der Waals surface area contributed by atoms with Gasteiger partial charge in [-0.1, -0.05) is 23.3 Å². The first-order chi connectivity index (χ1) is 5.27. The van der Waals surface area contributed by atoms with Gasteiger partial charge in [0.1, 0.15) is 0 Å². The zero-order valence-corrected chi connectivity index (χ0v) is 7.43. The molecule has 60 valence electrons. The Bertz CT molecular complexity index is 220. The van der Waals surface area contributed by atoms with Crippen molar-refractivity contribution >= 4 is 0 Å². The van der Waals surface area contributed by atoms with Crippen LogP contribution in [0.4, 0.5) is 0 Å². The van der Waals surface area contributed by atoms with E-state index in [0.29, 0.717) is 0 Å². The lowest BCUT2D eigenvalue weighted by atomic mass is 9.78. The molecule has 0 unspecified atom stereocenters. The molecule has 2 aliphatic rings. The van der Waals surface area contributed by atoms with Crippen LogP contribution in [0.3, 0.4) is 0 Å². The molecule has 0 radical (unpaired) electrons. The van der Waals surface area contributed by atoms with Crippen molar-refractivity contribution in [1.82, 2.24) is 0 Å². The highest BCUT2D eigenvalue weighted by Gasteiger charge is 2.27. The second kappa shape index (κ2) is 2.51. The molecule has 11 heavy (non-hydrogen) atoms. The van der Waals surface area contributed by atoms with Gasteiger partial charge in [0.05, 0.1) is 0 Å². The van der Waals surface area contributed by atoms with E-state index in [4.69, 9.17) is 0 Å². The van der Waals surface area contributed by atoms with E-state index in [-0.39, 0.29) is 0 Å². The minimum Gasteiger partial charge on any atom is -0.0879 e. The number of hydrogen-bond donors (Lipinski definition) is 0. The number of rotatable bonds is 0. The molecule has 0 aromatic rings. The fraction of sp³-hybridized carbons (Fsp3) is 0.636. The van der Waals surface area contributed by atoms with E-state index in [2.05, 4.69) is 26.0 Å². The molecule has 0 spiro atoms. The van der Waals surface area contributed by atoms with Gasteiger partial charge in [-0.2, -0.15) is 0 Å². The lowest BCUT2D eigenvalue weighted by Crippen LogP contribution is -2.14. The molecule has 0 fully saturated rings. The lowest BCUT2D eigenvalue weighted by Gasteiger charge is -2.26. The summed E-state index contributed by atoms with van der Waals surface area (Å²) in [6.45, 7) is 4.58. The molecule has 0 heteroatoms.